The molecule has 6 heteroatoms. The Balaban J connectivity index is 1.79. The second-order valence-corrected chi connectivity index (χ2v) is 7.11. The van der Waals surface area contributed by atoms with Crippen molar-refractivity contribution in [2.45, 2.75) is 6.54 Å². The Morgan fingerprint density at radius 1 is 1.14 bits per heavy atom. The van der Waals surface area contributed by atoms with Gasteiger partial charge in [0.25, 0.3) is 0 Å². The Kier molecular flexibility index (Phi) is 5.12. The molecule has 0 bridgehead atoms. The van der Waals surface area contributed by atoms with E-state index in [0.717, 1.165) is 21.7 Å². The van der Waals surface area contributed by atoms with E-state index in [-0.39, 0.29) is 5.56 Å². The van der Waals surface area contributed by atoms with Crippen LogP contribution in [0.15, 0.2) is 78.8 Å². The molecule has 0 fully saturated rings. The summed E-state index contributed by atoms with van der Waals surface area (Å²) in [7, 11) is 0. The van der Waals surface area contributed by atoms with E-state index < -0.39 is 5.97 Å². The summed E-state index contributed by atoms with van der Waals surface area (Å²) in [4.78, 5) is 20.2. The molecule has 138 valence electrons. The molecule has 0 unspecified atom stereocenters. The number of imidazole rings is 1. The van der Waals surface area contributed by atoms with Crippen molar-refractivity contribution >= 4 is 29.0 Å². The lowest BCUT2D eigenvalue weighted by Gasteiger charge is -2.10. The van der Waals surface area contributed by atoms with Gasteiger partial charge >= 0.3 is 5.97 Å². The van der Waals surface area contributed by atoms with Crippen molar-refractivity contribution in [2.24, 2.45) is 0 Å². The molecule has 4 aromatic rings. The number of thiazole rings is 1. The minimum absolute atomic E-state index is 0.286. The number of hydrogen-bond donors (Lipinski definition) is 1. The molecule has 0 saturated carbocycles. The second-order valence-electron chi connectivity index (χ2n) is 6.22. The summed E-state index contributed by atoms with van der Waals surface area (Å²) in [6.45, 7) is 0.634. The Morgan fingerprint density at radius 3 is 2.68 bits per heavy atom. The Hall–Kier alpha value is -3.51. The molecular weight excluding hydrogens is 370 g/mol. The number of rotatable bonds is 6. The van der Waals surface area contributed by atoms with Crippen LogP contribution in [0.25, 0.3) is 22.8 Å². The molecule has 4 rings (SSSR count). The van der Waals surface area contributed by atoms with E-state index in [1.807, 2.05) is 58.6 Å². The average Bonchev–Trinajstić information content (AvgIpc) is 3.42. The van der Waals surface area contributed by atoms with Gasteiger partial charge in [0.15, 0.2) is 0 Å². The van der Waals surface area contributed by atoms with E-state index in [2.05, 4.69) is 16.0 Å². The lowest BCUT2D eigenvalue weighted by atomic mass is 9.96. The maximum Gasteiger partial charge on any atom is 0.336 e. The molecule has 0 aliphatic heterocycles. The van der Waals surface area contributed by atoms with E-state index in [1.54, 1.807) is 36.1 Å². The third-order valence-corrected chi connectivity index (χ3v) is 5.17. The van der Waals surface area contributed by atoms with E-state index in [9.17, 15) is 9.90 Å². The van der Waals surface area contributed by atoms with Crippen LogP contribution in [0.2, 0.25) is 0 Å². The van der Waals surface area contributed by atoms with Crippen LogP contribution in [-0.4, -0.2) is 25.6 Å². The predicted molar refractivity (Wildman–Crippen MR) is 111 cm³/mol. The van der Waals surface area contributed by atoms with Gasteiger partial charge in [0.1, 0.15) is 5.01 Å². The smallest absolute Gasteiger partial charge is 0.336 e. The van der Waals surface area contributed by atoms with Crippen molar-refractivity contribution in [1.82, 2.24) is 14.5 Å². The van der Waals surface area contributed by atoms with Crippen LogP contribution in [0, 0.1) is 0 Å². The molecule has 1 N–H and O–H groups in total. The summed E-state index contributed by atoms with van der Waals surface area (Å²) >= 11 is 1.57. The number of carboxylic acids is 1. The minimum atomic E-state index is -0.937. The van der Waals surface area contributed by atoms with Gasteiger partial charge in [-0.1, -0.05) is 36.4 Å². The molecular formula is C22H17N3O2S. The third kappa shape index (κ3) is 3.92. The van der Waals surface area contributed by atoms with Gasteiger partial charge in [0, 0.05) is 29.5 Å². The lowest BCUT2D eigenvalue weighted by molar-refractivity contribution is 0.0697. The summed E-state index contributed by atoms with van der Waals surface area (Å²) in [5, 5.41) is 12.5. The average molecular weight is 387 g/mol. The van der Waals surface area contributed by atoms with E-state index >= 15 is 0 Å². The molecule has 0 radical (unpaired) electrons. The Morgan fingerprint density at radius 2 is 2.00 bits per heavy atom. The first-order valence-electron chi connectivity index (χ1n) is 8.69. The maximum absolute atomic E-state index is 11.7. The maximum atomic E-state index is 11.7. The Bertz CT molecular complexity index is 1100. The zero-order valence-electron chi connectivity index (χ0n) is 14.9. The Labute approximate surface area is 166 Å². The normalized spacial score (nSPS) is 11.5. The fourth-order valence-electron chi connectivity index (χ4n) is 3.03. The van der Waals surface area contributed by atoms with E-state index in [1.165, 1.54) is 0 Å². The fourth-order valence-corrected chi connectivity index (χ4v) is 3.68. The number of nitrogens with zero attached hydrogens (tertiary/aromatic N) is 3. The van der Waals surface area contributed by atoms with Crippen LogP contribution in [0.5, 0.6) is 0 Å². The van der Waals surface area contributed by atoms with Crippen molar-refractivity contribution in [3.05, 3.63) is 95.0 Å². The lowest BCUT2D eigenvalue weighted by Crippen LogP contribution is -2.01. The molecule has 0 amide bonds. The van der Waals surface area contributed by atoms with Gasteiger partial charge in [-0.15, -0.1) is 11.3 Å². The summed E-state index contributed by atoms with van der Waals surface area (Å²) in [5.41, 5.74) is 3.82. The first-order chi connectivity index (χ1) is 13.7. The number of carbonyl (C=O) groups is 1. The van der Waals surface area contributed by atoms with E-state index in [4.69, 9.17) is 0 Å². The quantitative estimate of drug-likeness (QED) is 0.508. The molecule has 0 aliphatic carbocycles. The first kappa shape index (κ1) is 17.9. The highest BCUT2D eigenvalue weighted by Gasteiger charge is 2.13. The van der Waals surface area contributed by atoms with Crippen molar-refractivity contribution < 1.29 is 9.90 Å². The van der Waals surface area contributed by atoms with Crippen molar-refractivity contribution in [1.29, 1.82) is 0 Å². The molecule has 2 aromatic heterocycles. The van der Waals surface area contributed by atoms with Gasteiger partial charge in [-0.2, -0.15) is 0 Å². The summed E-state index contributed by atoms with van der Waals surface area (Å²) in [5.74, 6) is -0.937. The molecule has 0 aliphatic rings. The molecule has 5 nitrogen and oxygen atoms in total. The highest BCUT2D eigenvalue weighted by atomic mass is 32.1. The van der Waals surface area contributed by atoms with Gasteiger partial charge in [0.05, 0.1) is 18.4 Å². The van der Waals surface area contributed by atoms with Crippen LogP contribution < -0.4 is 0 Å². The van der Waals surface area contributed by atoms with Crippen LogP contribution in [0.1, 0.15) is 20.9 Å². The molecule has 0 atom stereocenters. The number of allylic oxidation sites excluding steroid dienone is 1. The van der Waals surface area contributed by atoms with E-state index in [0.29, 0.717) is 12.1 Å². The van der Waals surface area contributed by atoms with Crippen LogP contribution in [-0.2, 0) is 6.54 Å². The van der Waals surface area contributed by atoms with Gasteiger partial charge in [-0.05, 0) is 34.9 Å². The first-order valence-corrected chi connectivity index (χ1v) is 9.57. The number of aromatic nitrogens is 3. The molecule has 2 heterocycles. The minimum Gasteiger partial charge on any atom is -0.478 e. The number of aromatic carboxylic acids is 1. The molecule has 0 saturated heterocycles. The monoisotopic (exact) mass is 387 g/mol. The van der Waals surface area contributed by atoms with Gasteiger partial charge in [-0.25, -0.2) is 14.8 Å². The number of carboxylic acid groups (broad SMARTS) is 1. The number of hydrogen-bond acceptors (Lipinski definition) is 4. The molecule has 0 spiro atoms. The summed E-state index contributed by atoms with van der Waals surface area (Å²) in [6, 6.07) is 15.0. The standard InChI is InChI=1S/C22H17N3O2S/c26-22(27)19-7-6-16(13-20(19)17-4-2-1-3-5-17)12-18(21-24-9-11-28-21)14-25-10-8-23-15-25/h1-13,15H,14H2,(H,26,27)/b18-12-. The largest absolute Gasteiger partial charge is 0.478 e. The summed E-state index contributed by atoms with van der Waals surface area (Å²) < 4.78 is 1.98. The topological polar surface area (TPSA) is 68.0 Å². The highest BCUT2D eigenvalue weighted by Crippen LogP contribution is 2.28. The van der Waals surface area contributed by atoms with Gasteiger partial charge in [0.2, 0.25) is 0 Å². The highest BCUT2D eigenvalue weighted by molar-refractivity contribution is 7.10. The SMILES string of the molecule is O=C(O)c1ccc(/C=C(/Cn2ccnc2)c2nccs2)cc1-c1ccccc1. The zero-order chi connectivity index (χ0) is 19.3. The van der Waals surface area contributed by atoms with Gasteiger partial charge < -0.3 is 9.67 Å². The van der Waals surface area contributed by atoms with Crippen LogP contribution >= 0.6 is 11.3 Å². The van der Waals surface area contributed by atoms with Gasteiger partial charge in [-0.3, -0.25) is 0 Å². The molecule has 2 aromatic carbocycles. The van der Waals surface area contributed by atoms with Crippen LogP contribution in [0.4, 0.5) is 0 Å². The van der Waals surface area contributed by atoms with Crippen molar-refractivity contribution in [2.75, 3.05) is 0 Å². The van der Waals surface area contributed by atoms with Crippen molar-refractivity contribution in [3.63, 3.8) is 0 Å². The number of benzene rings is 2. The van der Waals surface area contributed by atoms with Crippen LogP contribution in [0.3, 0.4) is 0 Å². The summed E-state index contributed by atoms with van der Waals surface area (Å²) in [6.07, 6.45) is 9.25. The second kappa shape index (κ2) is 8.02. The fraction of sp³-hybridized carbons (Fsp3) is 0.0455. The van der Waals surface area contributed by atoms with Crippen molar-refractivity contribution in [3.8, 4) is 11.1 Å². The zero-order valence-corrected chi connectivity index (χ0v) is 15.7. The predicted octanol–water partition coefficient (Wildman–Crippen LogP) is 4.95. The molecule has 28 heavy (non-hydrogen) atoms. The third-order valence-electron chi connectivity index (χ3n) is 4.32.